The molecule has 1 aromatic carbocycles. The Balaban J connectivity index is 0.000000415. The van der Waals surface area contributed by atoms with Crippen molar-refractivity contribution in [3.05, 3.63) is 55.1 Å². The van der Waals surface area contributed by atoms with Gasteiger partial charge in [-0.15, -0.1) is 6.58 Å². The van der Waals surface area contributed by atoms with Crippen LogP contribution >= 0.6 is 0 Å². The normalized spacial score (nSPS) is 23.7. The first-order chi connectivity index (χ1) is 17.8. The van der Waals surface area contributed by atoms with Crippen LogP contribution in [-0.2, 0) is 25.4 Å². The summed E-state index contributed by atoms with van der Waals surface area (Å²) < 4.78 is 20.5. The van der Waals surface area contributed by atoms with E-state index >= 15 is 0 Å². The smallest absolute Gasteiger partial charge is 0.408 e. The number of hydrogen-bond donors (Lipinski definition) is 6. The molecule has 0 aliphatic carbocycles. The van der Waals surface area contributed by atoms with Crippen molar-refractivity contribution >= 4 is 12.1 Å². The molecule has 0 aromatic heterocycles. The number of carbonyl (C=O) groups excluding carboxylic acids is 1. The summed E-state index contributed by atoms with van der Waals surface area (Å²) in [7, 11) is 0. The largest absolute Gasteiger partial charge is 0.490 e. The monoisotopic (exact) mass is 541 g/mol. The molecule has 38 heavy (non-hydrogen) atoms. The second-order valence-electron chi connectivity index (χ2n) is 9.30. The van der Waals surface area contributed by atoms with E-state index in [-0.39, 0.29) is 13.0 Å². The van der Waals surface area contributed by atoms with Crippen LogP contribution in [0, 0.1) is 0 Å². The van der Waals surface area contributed by atoms with Gasteiger partial charge in [-0.1, -0.05) is 30.9 Å². The molecule has 1 aromatic rings. The van der Waals surface area contributed by atoms with E-state index in [9.17, 15) is 30.0 Å². The van der Waals surface area contributed by atoms with E-state index in [1.165, 1.54) is 6.08 Å². The molecule has 2 rings (SSSR count). The van der Waals surface area contributed by atoms with Crippen LogP contribution < -0.4 is 10.1 Å². The van der Waals surface area contributed by atoms with Crippen molar-refractivity contribution in [2.75, 3.05) is 19.8 Å². The number of hydrogen-bond acceptors (Lipinski definition) is 10. The topological polar surface area (TPSA) is 184 Å². The third-order valence-electron chi connectivity index (χ3n) is 4.95. The Morgan fingerprint density at radius 1 is 1.05 bits per heavy atom. The lowest BCUT2D eigenvalue weighted by Crippen LogP contribution is -2.59. The molecule has 1 aliphatic rings. The minimum atomic E-state index is -1.40. The fourth-order valence-electron chi connectivity index (χ4n) is 3.13. The van der Waals surface area contributed by atoms with E-state index in [2.05, 4.69) is 18.5 Å². The minimum Gasteiger partial charge on any atom is -0.490 e. The van der Waals surface area contributed by atoms with Crippen LogP contribution in [0.5, 0.6) is 5.75 Å². The molecule has 1 heterocycles. The van der Waals surface area contributed by atoms with Crippen molar-refractivity contribution in [1.82, 2.24) is 5.32 Å². The number of aliphatic hydroxyl groups is 4. The average molecular weight is 542 g/mol. The minimum absolute atomic E-state index is 0.142. The van der Waals surface area contributed by atoms with E-state index in [0.29, 0.717) is 12.4 Å². The Morgan fingerprint density at radius 2 is 1.66 bits per heavy atom. The molecule has 6 atom stereocenters. The van der Waals surface area contributed by atoms with Crippen molar-refractivity contribution in [3.63, 3.8) is 0 Å². The molecule has 1 amide bonds. The summed E-state index contributed by atoms with van der Waals surface area (Å²) in [5.74, 6) is -0.455. The molecular weight excluding hydrogens is 502 g/mol. The van der Waals surface area contributed by atoms with Crippen molar-refractivity contribution in [3.8, 4) is 5.75 Å². The highest BCUT2D eigenvalue weighted by molar-refractivity contribution is 5.80. The number of amides is 1. The number of alkyl carbamates (subject to hydrolysis) is 1. The third-order valence-corrected chi connectivity index (χ3v) is 4.95. The molecule has 6 N–H and O–H groups in total. The molecule has 0 radical (unpaired) electrons. The zero-order chi connectivity index (χ0) is 28.9. The van der Waals surface area contributed by atoms with Gasteiger partial charge in [0.1, 0.15) is 48.4 Å². The van der Waals surface area contributed by atoms with Crippen molar-refractivity contribution < 1.29 is 54.1 Å². The van der Waals surface area contributed by atoms with Gasteiger partial charge in [0.2, 0.25) is 0 Å². The maximum Gasteiger partial charge on any atom is 0.408 e. The predicted octanol–water partition coefficient (Wildman–Crippen LogP) is 0.761. The number of carbonyl (C=O) groups is 2. The molecule has 1 fully saturated rings. The van der Waals surface area contributed by atoms with E-state index in [1.807, 2.05) is 0 Å². The summed E-state index contributed by atoms with van der Waals surface area (Å²) in [6, 6.07) is 5.93. The maximum absolute atomic E-state index is 11.7. The Labute approximate surface area is 222 Å². The second kappa shape index (κ2) is 16.1. The van der Waals surface area contributed by atoms with Crippen LogP contribution in [0.4, 0.5) is 4.79 Å². The van der Waals surface area contributed by atoms with E-state index in [0.717, 1.165) is 5.56 Å². The van der Waals surface area contributed by atoms with Gasteiger partial charge in [0.15, 0.2) is 6.29 Å². The van der Waals surface area contributed by atoms with E-state index in [4.69, 9.17) is 24.1 Å². The fraction of sp³-hybridized carbons (Fsp3) is 0.538. The van der Waals surface area contributed by atoms with Gasteiger partial charge in [-0.25, -0.2) is 9.59 Å². The summed E-state index contributed by atoms with van der Waals surface area (Å²) >= 11 is 0. The standard InChI is InChI=1S/C17H23NO5.C9H16O6/c1-5-10-22-13-8-6-12(7-9-13)11-14(15(19)20)18-16(21)23-17(2,3)4;1-2-3-14-9-8(13)7(12)6(11)5(4-10)15-9/h5-9,14H,1,10-11H2,2-4H3,(H,18,21)(H,19,20);2,5-13H,1,3-4H2/t14-;5-,6-,7+,8-,9-/m01/s1. The molecule has 0 saturated carbocycles. The molecular formula is C26H39NO11. The summed E-state index contributed by atoms with van der Waals surface area (Å²) in [6.07, 6.45) is -3.61. The Morgan fingerprint density at radius 3 is 2.16 bits per heavy atom. The Bertz CT molecular complexity index is 882. The number of benzene rings is 1. The number of carboxylic acids is 1. The third kappa shape index (κ3) is 11.6. The van der Waals surface area contributed by atoms with E-state index in [1.54, 1.807) is 51.1 Å². The average Bonchev–Trinajstić information content (AvgIpc) is 2.85. The summed E-state index contributed by atoms with van der Waals surface area (Å²) in [4.78, 5) is 23.0. The zero-order valence-electron chi connectivity index (χ0n) is 21.9. The van der Waals surface area contributed by atoms with Gasteiger partial charge in [0.05, 0.1) is 13.2 Å². The van der Waals surface area contributed by atoms with Gasteiger partial charge < -0.3 is 49.8 Å². The quantitative estimate of drug-likeness (QED) is 0.217. The first-order valence-corrected chi connectivity index (χ1v) is 11.9. The number of aliphatic hydroxyl groups excluding tert-OH is 4. The van der Waals surface area contributed by atoms with Gasteiger partial charge in [0.25, 0.3) is 0 Å². The molecule has 214 valence electrons. The fourth-order valence-corrected chi connectivity index (χ4v) is 3.13. The molecule has 12 heteroatoms. The van der Waals surface area contributed by atoms with Gasteiger partial charge >= 0.3 is 12.1 Å². The van der Waals surface area contributed by atoms with Crippen molar-refractivity contribution in [2.24, 2.45) is 0 Å². The number of rotatable bonds is 11. The van der Waals surface area contributed by atoms with Crippen LogP contribution in [0.2, 0.25) is 0 Å². The predicted molar refractivity (Wildman–Crippen MR) is 137 cm³/mol. The second-order valence-corrected chi connectivity index (χ2v) is 9.30. The van der Waals surface area contributed by atoms with Gasteiger partial charge in [-0.3, -0.25) is 0 Å². The molecule has 1 saturated heterocycles. The number of ether oxygens (including phenoxy) is 4. The highest BCUT2D eigenvalue weighted by Gasteiger charge is 2.43. The Kier molecular flexibility index (Phi) is 14.0. The van der Waals surface area contributed by atoms with Crippen molar-refractivity contribution in [1.29, 1.82) is 0 Å². The molecule has 0 bridgehead atoms. The number of nitrogens with one attached hydrogen (secondary N) is 1. The van der Waals surface area contributed by atoms with Crippen LogP contribution in [-0.4, -0.2) is 99.8 Å². The van der Waals surface area contributed by atoms with Gasteiger partial charge in [0, 0.05) is 6.42 Å². The highest BCUT2D eigenvalue weighted by atomic mass is 16.7. The number of carboxylic acid groups (broad SMARTS) is 1. The van der Waals surface area contributed by atoms with Gasteiger partial charge in [-0.05, 0) is 38.5 Å². The van der Waals surface area contributed by atoms with Crippen LogP contribution in [0.1, 0.15) is 26.3 Å². The summed E-state index contributed by atoms with van der Waals surface area (Å²) in [6.45, 7) is 12.2. The SMILES string of the molecule is C=CCO[C@@H]1O[C@H](CO)[C@@H](O)[C@H](O)[C@H]1O.C=CCOc1ccc(C[C@H](NC(=O)OC(C)(C)C)C(=O)O)cc1. The Hall–Kier alpha value is -3.00. The molecule has 0 spiro atoms. The van der Waals surface area contributed by atoms with Gasteiger partial charge in [-0.2, -0.15) is 0 Å². The van der Waals surface area contributed by atoms with Crippen LogP contribution in [0.3, 0.4) is 0 Å². The van der Waals surface area contributed by atoms with E-state index < -0.39 is 61.0 Å². The number of aliphatic carboxylic acids is 1. The summed E-state index contributed by atoms with van der Waals surface area (Å²) in [5.41, 5.74) is 0.0801. The lowest BCUT2D eigenvalue weighted by atomic mass is 9.99. The lowest BCUT2D eigenvalue weighted by Gasteiger charge is -2.39. The first-order valence-electron chi connectivity index (χ1n) is 11.9. The molecule has 1 aliphatic heterocycles. The first kappa shape index (κ1) is 33.0. The van der Waals surface area contributed by atoms with Crippen LogP contribution in [0.15, 0.2) is 49.6 Å². The maximum atomic E-state index is 11.7. The molecule has 0 unspecified atom stereocenters. The summed E-state index contributed by atoms with van der Waals surface area (Å²) in [5, 5.41) is 48.7. The molecule has 12 nitrogen and oxygen atoms in total. The van der Waals surface area contributed by atoms with Crippen LogP contribution in [0.25, 0.3) is 0 Å². The highest BCUT2D eigenvalue weighted by Crippen LogP contribution is 2.21. The zero-order valence-corrected chi connectivity index (χ0v) is 21.9. The van der Waals surface area contributed by atoms with Crippen molar-refractivity contribution in [2.45, 2.75) is 69.5 Å². The lowest BCUT2D eigenvalue weighted by molar-refractivity contribution is -0.298.